The lowest BCUT2D eigenvalue weighted by molar-refractivity contribution is -0.210. The first-order valence-electron chi connectivity index (χ1n) is 11.1. The maximum atomic E-state index is 13.3. The Kier molecular flexibility index (Phi) is 6.90. The van der Waals surface area contributed by atoms with E-state index in [1.165, 1.54) is 19.1 Å². The van der Waals surface area contributed by atoms with Gasteiger partial charge in [0.1, 0.15) is 5.69 Å². The van der Waals surface area contributed by atoms with Crippen molar-refractivity contribution < 1.29 is 27.7 Å². The summed E-state index contributed by atoms with van der Waals surface area (Å²) in [6.45, 7) is 6.52. The van der Waals surface area contributed by atoms with Gasteiger partial charge in [-0.2, -0.15) is 17.5 Å². The molecule has 2 aromatic heterocycles. The van der Waals surface area contributed by atoms with E-state index in [1.807, 2.05) is 13.8 Å². The van der Waals surface area contributed by atoms with Crippen LogP contribution in [-0.2, 0) is 22.9 Å². The third-order valence-corrected chi connectivity index (χ3v) is 6.70. The molecule has 0 aliphatic heterocycles. The van der Waals surface area contributed by atoms with Crippen LogP contribution in [0.2, 0.25) is 0 Å². The fraction of sp³-hybridized carbons (Fsp3) is 0.231. The summed E-state index contributed by atoms with van der Waals surface area (Å²) < 4.78 is 46.1. The Labute approximate surface area is 218 Å². The van der Waals surface area contributed by atoms with Gasteiger partial charge in [0.2, 0.25) is 5.75 Å². The third kappa shape index (κ3) is 4.68. The molecule has 0 radical (unpaired) electrons. The summed E-state index contributed by atoms with van der Waals surface area (Å²) in [5.41, 5.74) is -0.643. The van der Waals surface area contributed by atoms with E-state index in [9.17, 15) is 27.6 Å². The van der Waals surface area contributed by atoms with Gasteiger partial charge in [0.05, 0.1) is 27.2 Å². The minimum atomic E-state index is -4.87. The Hall–Kier alpha value is -4.37. The Balaban J connectivity index is 1.99. The van der Waals surface area contributed by atoms with Gasteiger partial charge >= 0.3 is 17.8 Å². The van der Waals surface area contributed by atoms with Crippen LogP contribution in [0, 0.1) is 25.7 Å². The maximum absolute atomic E-state index is 13.3. The summed E-state index contributed by atoms with van der Waals surface area (Å²) in [6, 6.07) is 6.70. The van der Waals surface area contributed by atoms with E-state index >= 15 is 0 Å². The Bertz CT molecular complexity index is 1790. The molecule has 0 N–H and O–H groups in total. The molecule has 0 bridgehead atoms. The second-order valence-electron chi connectivity index (χ2n) is 8.36. The Morgan fingerprint density at radius 3 is 2.47 bits per heavy atom. The van der Waals surface area contributed by atoms with E-state index in [1.54, 1.807) is 19.1 Å². The number of hydrogen-bond donors (Lipinski definition) is 0. The third-order valence-electron chi connectivity index (χ3n) is 5.87. The zero-order valence-corrected chi connectivity index (χ0v) is 21.6. The summed E-state index contributed by atoms with van der Waals surface area (Å²) in [7, 11) is 0.946. The van der Waals surface area contributed by atoms with Gasteiger partial charge in [-0.15, -0.1) is 5.92 Å². The van der Waals surface area contributed by atoms with Crippen molar-refractivity contribution in [2.75, 3.05) is 0 Å². The second-order valence-corrected chi connectivity index (χ2v) is 9.16. The number of aryl methyl sites for hydroxylation is 1. The maximum Gasteiger partial charge on any atom is 0.431 e. The number of benzene rings is 2. The molecule has 0 aliphatic rings. The summed E-state index contributed by atoms with van der Waals surface area (Å²) in [5.74, 6) is 5.24. The van der Waals surface area contributed by atoms with Crippen LogP contribution >= 0.6 is 11.5 Å². The summed E-state index contributed by atoms with van der Waals surface area (Å²) in [4.78, 5) is 47.2. The summed E-state index contributed by atoms with van der Waals surface area (Å²) >= 11 is 1.12. The first-order valence-corrected chi connectivity index (χ1v) is 11.8. The van der Waals surface area contributed by atoms with E-state index in [4.69, 9.17) is 9.78 Å². The number of halogens is 3. The van der Waals surface area contributed by atoms with Crippen molar-refractivity contribution in [3.05, 3.63) is 73.6 Å². The van der Waals surface area contributed by atoms with Crippen molar-refractivity contribution in [1.29, 1.82) is 0 Å². The van der Waals surface area contributed by atoms with E-state index < -0.39 is 29.1 Å². The van der Waals surface area contributed by atoms with Crippen LogP contribution in [0.1, 0.15) is 36.2 Å². The summed E-state index contributed by atoms with van der Waals surface area (Å²) in [6.07, 6.45) is -4.87. The van der Waals surface area contributed by atoms with Crippen LogP contribution in [0.15, 0.2) is 39.9 Å². The lowest BCUT2D eigenvalue weighted by Crippen LogP contribution is -2.40. The average Bonchev–Trinajstić information content (AvgIpc) is 3.26. The predicted octanol–water partition coefficient (Wildman–Crippen LogP) is 4.68. The van der Waals surface area contributed by atoms with Crippen LogP contribution in [-0.4, -0.2) is 19.5 Å². The highest BCUT2D eigenvalue weighted by Crippen LogP contribution is 2.41. The fourth-order valence-corrected chi connectivity index (χ4v) is 4.70. The largest absolute Gasteiger partial charge is 0.431 e. The van der Waals surface area contributed by atoms with Crippen LogP contribution in [0.3, 0.4) is 0 Å². The van der Waals surface area contributed by atoms with Crippen molar-refractivity contribution in [2.45, 2.75) is 33.9 Å². The van der Waals surface area contributed by atoms with Crippen LogP contribution in [0.4, 0.5) is 13.2 Å². The number of nitrogens with zero attached hydrogens (tertiary/aromatic N) is 3. The molecule has 12 heteroatoms. The SMILES string of the molecule is CC#Cc1c(C)c(C)cc(-c2nsc3ccc(-n4c(=O)cc(C(F)(F)F)n(C)c4=O)cc23)c1OOC(C)=O. The number of carbonyl (C=O) groups excluding carboxylic acids is 1. The molecule has 0 amide bonds. The quantitative estimate of drug-likeness (QED) is 0.211. The molecular weight excluding hydrogens is 523 g/mol. The molecule has 4 rings (SSSR count). The molecule has 2 heterocycles. The summed E-state index contributed by atoms with van der Waals surface area (Å²) in [5, 5.41) is 0.493. The molecule has 0 unspecified atom stereocenters. The average molecular weight is 544 g/mol. The van der Waals surface area contributed by atoms with Crippen molar-refractivity contribution in [1.82, 2.24) is 13.5 Å². The standard InChI is InChI=1S/C26H20F3N3O5S/c1-6-7-17-14(3)13(2)10-19(24(17)37-36-15(4)33)23-18-11-16(8-9-20(18)38-30-23)32-22(34)12-21(26(27,28)29)31(5)25(32)35/h8-12H,1-5H3. The van der Waals surface area contributed by atoms with Gasteiger partial charge in [-0.1, -0.05) is 5.92 Å². The molecule has 196 valence electrons. The normalized spacial score (nSPS) is 11.3. The van der Waals surface area contributed by atoms with E-state index in [-0.39, 0.29) is 11.4 Å². The zero-order valence-electron chi connectivity index (χ0n) is 20.8. The van der Waals surface area contributed by atoms with Crippen molar-refractivity contribution >= 4 is 27.6 Å². The number of fused-ring (bicyclic) bond motifs is 1. The molecule has 38 heavy (non-hydrogen) atoms. The monoisotopic (exact) mass is 543 g/mol. The molecule has 0 saturated carbocycles. The smallest absolute Gasteiger partial charge is 0.292 e. The minimum absolute atomic E-state index is 0.0538. The minimum Gasteiger partial charge on any atom is -0.292 e. The number of hydrogen-bond acceptors (Lipinski definition) is 7. The highest BCUT2D eigenvalue weighted by atomic mass is 32.1. The Morgan fingerprint density at radius 1 is 1.13 bits per heavy atom. The van der Waals surface area contributed by atoms with Gasteiger partial charge < -0.3 is 0 Å². The number of aromatic nitrogens is 3. The predicted molar refractivity (Wildman–Crippen MR) is 135 cm³/mol. The molecule has 2 aromatic carbocycles. The van der Waals surface area contributed by atoms with Crippen LogP contribution in [0.25, 0.3) is 27.0 Å². The highest BCUT2D eigenvalue weighted by molar-refractivity contribution is 7.13. The van der Waals surface area contributed by atoms with Crippen LogP contribution in [0.5, 0.6) is 5.75 Å². The van der Waals surface area contributed by atoms with E-state index in [0.717, 1.165) is 29.7 Å². The van der Waals surface area contributed by atoms with Gasteiger partial charge in [-0.3, -0.25) is 19.1 Å². The van der Waals surface area contributed by atoms with Crippen molar-refractivity contribution in [3.63, 3.8) is 0 Å². The lowest BCUT2D eigenvalue weighted by Gasteiger charge is -2.15. The number of carbonyl (C=O) groups is 1. The van der Waals surface area contributed by atoms with E-state index in [2.05, 4.69) is 16.2 Å². The molecule has 0 aliphatic carbocycles. The molecule has 8 nitrogen and oxygen atoms in total. The molecule has 4 aromatic rings. The topological polar surface area (TPSA) is 92.4 Å². The van der Waals surface area contributed by atoms with Gasteiger partial charge in [0, 0.05) is 25.4 Å². The van der Waals surface area contributed by atoms with Crippen LogP contribution < -0.4 is 16.1 Å². The molecule has 0 saturated heterocycles. The van der Waals surface area contributed by atoms with E-state index in [0.29, 0.717) is 42.1 Å². The van der Waals surface area contributed by atoms with Gasteiger partial charge in [-0.25, -0.2) is 14.2 Å². The first-order chi connectivity index (χ1) is 17.8. The van der Waals surface area contributed by atoms with Crippen molar-refractivity contribution in [2.24, 2.45) is 7.05 Å². The molecule has 0 fully saturated rings. The highest BCUT2D eigenvalue weighted by Gasteiger charge is 2.35. The number of rotatable bonds is 4. The first kappa shape index (κ1) is 26.7. The molecular formula is C26H20F3N3O5S. The van der Waals surface area contributed by atoms with Gasteiger partial charge in [0.15, 0.2) is 0 Å². The molecule has 0 atom stereocenters. The number of alkyl halides is 3. The van der Waals surface area contributed by atoms with Crippen molar-refractivity contribution in [3.8, 4) is 34.5 Å². The molecule has 0 spiro atoms. The zero-order chi connectivity index (χ0) is 27.9. The lowest BCUT2D eigenvalue weighted by atomic mass is 9.95. The second kappa shape index (κ2) is 9.83. The van der Waals surface area contributed by atoms with Gasteiger partial charge in [-0.05, 0) is 67.7 Å². The fourth-order valence-electron chi connectivity index (χ4n) is 3.93. The Morgan fingerprint density at radius 2 is 1.84 bits per heavy atom. The van der Waals surface area contributed by atoms with Gasteiger partial charge in [0.25, 0.3) is 5.56 Å².